The molecule has 6 heteroatoms. The zero-order valence-corrected chi connectivity index (χ0v) is 16.9. The summed E-state index contributed by atoms with van der Waals surface area (Å²) in [6, 6.07) is 0. The number of allylic oxidation sites excluding steroid dienone is 1. The third-order valence-electron chi connectivity index (χ3n) is 4.21. The van der Waals surface area contributed by atoms with Crippen LogP contribution < -0.4 is 0 Å². The zero-order chi connectivity index (χ0) is 19.6. The van der Waals surface area contributed by atoms with Gasteiger partial charge >= 0.3 is 11.9 Å². The van der Waals surface area contributed by atoms with Gasteiger partial charge in [0.05, 0.1) is 18.3 Å². The van der Waals surface area contributed by atoms with Crippen LogP contribution in [0.1, 0.15) is 84.0 Å². The maximum atomic E-state index is 10.7. The van der Waals surface area contributed by atoms with Crippen molar-refractivity contribution >= 4 is 23.7 Å². The molecule has 0 aromatic carbocycles. The minimum atomic E-state index is -1.08. The van der Waals surface area contributed by atoms with Crippen molar-refractivity contribution in [2.24, 2.45) is 0 Å². The van der Waals surface area contributed by atoms with Gasteiger partial charge in [-0.25, -0.2) is 0 Å². The third-order valence-corrected chi connectivity index (χ3v) is 5.48. The first kappa shape index (κ1) is 25.0. The summed E-state index contributed by atoms with van der Waals surface area (Å²) in [4.78, 5) is 21.4. The van der Waals surface area contributed by atoms with Crippen LogP contribution in [0.2, 0.25) is 0 Å². The first-order valence-electron chi connectivity index (χ1n) is 9.87. The summed E-state index contributed by atoms with van der Waals surface area (Å²) >= 11 is 1.06. The van der Waals surface area contributed by atoms with Crippen LogP contribution >= 0.6 is 11.8 Å². The molecule has 0 aliphatic rings. The van der Waals surface area contributed by atoms with Crippen LogP contribution in [0.25, 0.3) is 0 Å². The molecule has 0 aromatic rings. The Morgan fingerprint density at radius 2 is 1.42 bits per heavy atom. The van der Waals surface area contributed by atoms with Gasteiger partial charge in [0.15, 0.2) is 0 Å². The van der Waals surface area contributed by atoms with E-state index in [2.05, 4.69) is 6.92 Å². The highest BCUT2D eigenvalue weighted by molar-refractivity contribution is 8.00. The molecular formula is C20H36O5S. The number of hydrogen-bond acceptors (Lipinski definition) is 4. The van der Waals surface area contributed by atoms with E-state index in [4.69, 9.17) is 10.2 Å². The number of carbonyl (C=O) groups is 2. The SMILES string of the molecule is CCCCCCCCCCCC/C=C\C(SCC(=O)O)C(O)CC(=O)O. The zero-order valence-electron chi connectivity index (χ0n) is 16.1. The molecule has 0 bridgehead atoms. The van der Waals surface area contributed by atoms with Gasteiger partial charge in [-0.05, 0) is 12.8 Å². The van der Waals surface area contributed by atoms with E-state index < -0.39 is 23.3 Å². The van der Waals surface area contributed by atoms with Crippen molar-refractivity contribution in [3.63, 3.8) is 0 Å². The second-order valence-electron chi connectivity index (χ2n) is 6.73. The Morgan fingerprint density at radius 1 is 0.885 bits per heavy atom. The van der Waals surface area contributed by atoms with E-state index in [1.165, 1.54) is 57.8 Å². The number of aliphatic carboxylic acids is 2. The maximum Gasteiger partial charge on any atom is 0.313 e. The van der Waals surface area contributed by atoms with Gasteiger partial charge in [-0.1, -0.05) is 76.9 Å². The van der Waals surface area contributed by atoms with Crippen LogP contribution in [-0.2, 0) is 9.59 Å². The van der Waals surface area contributed by atoms with Crippen molar-refractivity contribution in [1.82, 2.24) is 0 Å². The van der Waals surface area contributed by atoms with Crippen molar-refractivity contribution in [3.8, 4) is 0 Å². The molecule has 0 heterocycles. The molecule has 2 unspecified atom stereocenters. The predicted octanol–water partition coefficient (Wildman–Crippen LogP) is 4.88. The van der Waals surface area contributed by atoms with Crippen molar-refractivity contribution in [1.29, 1.82) is 0 Å². The highest BCUT2D eigenvalue weighted by atomic mass is 32.2. The summed E-state index contributed by atoms with van der Waals surface area (Å²) in [6.07, 6.45) is 15.9. The number of thioether (sulfide) groups is 1. The Bertz CT molecular complexity index is 398. The van der Waals surface area contributed by atoms with E-state index >= 15 is 0 Å². The van der Waals surface area contributed by atoms with Gasteiger partial charge in [-0.15, -0.1) is 11.8 Å². The summed E-state index contributed by atoms with van der Waals surface area (Å²) in [5.41, 5.74) is 0. The van der Waals surface area contributed by atoms with Crippen LogP contribution in [-0.4, -0.2) is 44.4 Å². The van der Waals surface area contributed by atoms with Gasteiger partial charge in [0.1, 0.15) is 0 Å². The van der Waals surface area contributed by atoms with E-state index in [1.54, 1.807) is 6.08 Å². The summed E-state index contributed by atoms with van der Waals surface area (Å²) in [7, 11) is 0. The average Bonchev–Trinajstić information content (AvgIpc) is 2.57. The molecule has 0 spiro atoms. The minimum Gasteiger partial charge on any atom is -0.481 e. The van der Waals surface area contributed by atoms with Gasteiger partial charge in [-0.3, -0.25) is 9.59 Å². The molecule has 0 saturated heterocycles. The Labute approximate surface area is 162 Å². The molecule has 152 valence electrons. The van der Waals surface area contributed by atoms with Crippen molar-refractivity contribution < 1.29 is 24.9 Å². The Hall–Kier alpha value is -1.01. The number of unbranched alkanes of at least 4 members (excludes halogenated alkanes) is 10. The molecule has 0 radical (unpaired) electrons. The molecule has 0 fully saturated rings. The first-order chi connectivity index (χ1) is 12.5. The summed E-state index contributed by atoms with van der Waals surface area (Å²) in [5.74, 6) is -2.20. The number of rotatable bonds is 18. The van der Waals surface area contributed by atoms with E-state index in [9.17, 15) is 14.7 Å². The average molecular weight is 389 g/mol. The smallest absolute Gasteiger partial charge is 0.313 e. The number of aliphatic hydroxyl groups excluding tert-OH is 1. The monoisotopic (exact) mass is 388 g/mol. The molecule has 0 aliphatic heterocycles. The summed E-state index contributed by atoms with van der Waals surface area (Å²) < 4.78 is 0. The van der Waals surface area contributed by atoms with E-state index in [0.29, 0.717) is 0 Å². The lowest BCUT2D eigenvalue weighted by Gasteiger charge is -2.17. The fourth-order valence-electron chi connectivity index (χ4n) is 2.74. The van der Waals surface area contributed by atoms with Gasteiger partial charge < -0.3 is 15.3 Å². The largest absolute Gasteiger partial charge is 0.481 e. The maximum absolute atomic E-state index is 10.7. The quantitative estimate of drug-likeness (QED) is 0.229. The predicted molar refractivity (Wildman–Crippen MR) is 108 cm³/mol. The number of carboxylic acid groups (broad SMARTS) is 2. The molecular weight excluding hydrogens is 352 g/mol. The van der Waals surface area contributed by atoms with Crippen LogP contribution in [0.4, 0.5) is 0 Å². The van der Waals surface area contributed by atoms with E-state index in [-0.39, 0.29) is 12.2 Å². The molecule has 0 saturated carbocycles. The van der Waals surface area contributed by atoms with Crippen LogP contribution in [0, 0.1) is 0 Å². The second kappa shape index (κ2) is 17.4. The first-order valence-corrected chi connectivity index (χ1v) is 10.9. The molecule has 2 atom stereocenters. The topological polar surface area (TPSA) is 94.8 Å². The standard InChI is InChI=1S/C20H36O5S/c1-2-3-4-5-6-7-8-9-10-11-12-13-14-18(26-16-20(24)25)17(21)15-19(22)23/h13-14,17-18,21H,2-12,15-16H2,1H3,(H,22,23)(H,24,25)/b14-13-. The molecule has 0 aliphatic carbocycles. The summed E-state index contributed by atoms with van der Waals surface area (Å²) in [6.45, 7) is 2.23. The van der Waals surface area contributed by atoms with Gasteiger partial charge in [0, 0.05) is 5.25 Å². The lowest BCUT2D eigenvalue weighted by atomic mass is 10.1. The molecule has 5 nitrogen and oxygen atoms in total. The lowest BCUT2D eigenvalue weighted by Crippen LogP contribution is -2.25. The fourth-order valence-corrected chi connectivity index (χ4v) is 3.61. The Kier molecular flexibility index (Phi) is 16.7. The van der Waals surface area contributed by atoms with Crippen molar-refractivity contribution in [2.45, 2.75) is 95.3 Å². The Balaban J connectivity index is 3.86. The molecule has 26 heavy (non-hydrogen) atoms. The molecule has 0 aromatic heterocycles. The molecule has 0 rings (SSSR count). The van der Waals surface area contributed by atoms with Gasteiger partial charge in [-0.2, -0.15) is 0 Å². The van der Waals surface area contributed by atoms with E-state index in [1.807, 2.05) is 6.08 Å². The fraction of sp³-hybridized carbons (Fsp3) is 0.800. The highest BCUT2D eigenvalue weighted by Gasteiger charge is 2.20. The normalized spacial score (nSPS) is 13.8. The summed E-state index contributed by atoms with van der Waals surface area (Å²) in [5, 5.41) is 27.0. The van der Waals surface area contributed by atoms with Crippen LogP contribution in [0.15, 0.2) is 12.2 Å². The van der Waals surface area contributed by atoms with Gasteiger partial charge in [0.2, 0.25) is 0 Å². The highest BCUT2D eigenvalue weighted by Crippen LogP contribution is 2.19. The number of carboxylic acids is 2. The molecule has 3 N–H and O–H groups in total. The molecule has 0 amide bonds. The van der Waals surface area contributed by atoms with E-state index in [0.717, 1.165) is 24.6 Å². The number of aliphatic hydroxyl groups is 1. The van der Waals surface area contributed by atoms with Gasteiger partial charge in [0.25, 0.3) is 0 Å². The van der Waals surface area contributed by atoms with Crippen LogP contribution in [0.3, 0.4) is 0 Å². The third kappa shape index (κ3) is 16.5. The van der Waals surface area contributed by atoms with Crippen molar-refractivity contribution in [3.05, 3.63) is 12.2 Å². The Morgan fingerprint density at radius 3 is 1.92 bits per heavy atom. The minimum absolute atomic E-state index is 0.149. The van der Waals surface area contributed by atoms with Crippen molar-refractivity contribution in [2.75, 3.05) is 5.75 Å². The number of hydrogen-bond donors (Lipinski definition) is 3. The second-order valence-corrected chi connectivity index (χ2v) is 7.90. The lowest BCUT2D eigenvalue weighted by molar-refractivity contribution is -0.139. The van der Waals surface area contributed by atoms with Crippen LogP contribution in [0.5, 0.6) is 0 Å².